The van der Waals surface area contributed by atoms with Gasteiger partial charge in [-0.25, -0.2) is 0 Å². The van der Waals surface area contributed by atoms with Crippen LogP contribution in [0.15, 0.2) is 0 Å². The lowest BCUT2D eigenvalue weighted by molar-refractivity contribution is -0.0145. The van der Waals surface area contributed by atoms with Crippen molar-refractivity contribution in [3.05, 3.63) is 0 Å². The van der Waals surface area contributed by atoms with E-state index in [9.17, 15) is 0 Å². The van der Waals surface area contributed by atoms with Crippen molar-refractivity contribution in [3.8, 4) is 0 Å². The molecule has 0 amide bonds. The van der Waals surface area contributed by atoms with Crippen LogP contribution in [0, 0.1) is 5.92 Å². The highest BCUT2D eigenvalue weighted by Gasteiger charge is 2.37. The average Bonchev–Trinajstić information content (AvgIpc) is 2.40. The SMILES string of the molecule is CCN1CCN(C2CN3CCC2CC3)CC1. The van der Waals surface area contributed by atoms with E-state index in [4.69, 9.17) is 0 Å². The molecule has 0 saturated carbocycles. The van der Waals surface area contributed by atoms with E-state index in [1.54, 1.807) is 0 Å². The van der Waals surface area contributed by atoms with Gasteiger partial charge < -0.3 is 9.80 Å². The molecule has 4 rings (SSSR count). The lowest BCUT2D eigenvalue weighted by Gasteiger charge is -2.51. The number of likely N-dealkylation sites (N-methyl/N-ethyl adjacent to an activating group) is 1. The van der Waals surface area contributed by atoms with Crippen molar-refractivity contribution in [1.29, 1.82) is 0 Å². The highest BCUT2D eigenvalue weighted by atomic mass is 15.3. The van der Waals surface area contributed by atoms with E-state index in [1.165, 1.54) is 65.2 Å². The van der Waals surface area contributed by atoms with Gasteiger partial charge in [0.25, 0.3) is 0 Å². The maximum Gasteiger partial charge on any atom is 0.0253 e. The lowest BCUT2D eigenvalue weighted by Crippen LogP contribution is -2.61. The summed E-state index contributed by atoms with van der Waals surface area (Å²) in [4.78, 5) is 8.04. The van der Waals surface area contributed by atoms with Crippen LogP contribution in [0.1, 0.15) is 19.8 Å². The molecule has 92 valence electrons. The summed E-state index contributed by atoms with van der Waals surface area (Å²) >= 11 is 0. The minimum Gasteiger partial charge on any atom is -0.302 e. The van der Waals surface area contributed by atoms with Crippen LogP contribution in [-0.4, -0.2) is 73.1 Å². The standard InChI is InChI=1S/C13H25N3/c1-2-14-7-9-16(10-8-14)13-11-15-5-3-12(13)4-6-15/h12-13H,2-11H2,1H3. The van der Waals surface area contributed by atoms with E-state index >= 15 is 0 Å². The Morgan fingerprint density at radius 1 is 0.938 bits per heavy atom. The van der Waals surface area contributed by atoms with E-state index in [2.05, 4.69) is 21.6 Å². The molecule has 2 bridgehead atoms. The second-order valence-corrected chi connectivity index (χ2v) is 5.68. The molecule has 4 heterocycles. The molecule has 3 heteroatoms. The fraction of sp³-hybridized carbons (Fsp3) is 1.00. The van der Waals surface area contributed by atoms with Crippen LogP contribution >= 0.6 is 0 Å². The molecule has 4 fully saturated rings. The van der Waals surface area contributed by atoms with Crippen molar-refractivity contribution in [2.45, 2.75) is 25.8 Å². The number of rotatable bonds is 2. The second kappa shape index (κ2) is 4.63. The predicted octanol–water partition coefficient (Wildman–Crippen LogP) is 0.718. The highest BCUT2D eigenvalue weighted by Crippen LogP contribution is 2.31. The zero-order valence-electron chi connectivity index (χ0n) is 10.6. The molecule has 3 nitrogen and oxygen atoms in total. The lowest BCUT2D eigenvalue weighted by atomic mass is 9.83. The van der Waals surface area contributed by atoms with Crippen molar-refractivity contribution >= 4 is 0 Å². The number of fused-ring (bicyclic) bond motifs is 3. The molecule has 1 atom stereocenters. The van der Waals surface area contributed by atoms with E-state index in [0.29, 0.717) is 0 Å². The van der Waals surface area contributed by atoms with Gasteiger partial charge in [-0.15, -0.1) is 0 Å². The third-order valence-corrected chi connectivity index (χ3v) is 4.94. The zero-order chi connectivity index (χ0) is 11.0. The largest absolute Gasteiger partial charge is 0.302 e. The average molecular weight is 223 g/mol. The van der Waals surface area contributed by atoms with Gasteiger partial charge in [-0.3, -0.25) is 4.90 Å². The Labute approximate surface area is 99.4 Å². The summed E-state index contributed by atoms with van der Waals surface area (Å²) in [6.07, 6.45) is 2.91. The Morgan fingerprint density at radius 2 is 1.62 bits per heavy atom. The van der Waals surface area contributed by atoms with Gasteiger partial charge in [0, 0.05) is 38.8 Å². The summed E-state index contributed by atoms with van der Waals surface area (Å²) in [5, 5.41) is 0. The Hall–Kier alpha value is -0.120. The monoisotopic (exact) mass is 223 g/mol. The minimum absolute atomic E-state index is 0.890. The third kappa shape index (κ3) is 2.01. The van der Waals surface area contributed by atoms with E-state index in [1.807, 2.05) is 0 Å². The fourth-order valence-corrected chi connectivity index (χ4v) is 3.76. The maximum atomic E-state index is 2.78. The van der Waals surface area contributed by atoms with Gasteiger partial charge in [-0.2, -0.15) is 0 Å². The first-order valence-corrected chi connectivity index (χ1v) is 7.05. The summed E-state index contributed by atoms with van der Waals surface area (Å²) < 4.78 is 0. The Kier molecular flexibility index (Phi) is 3.18. The normalized spacial score (nSPS) is 41.4. The van der Waals surface area contributed by atoms with Crippen LogP contribution in [0.4, 0.5) is 0 Å². The van der Waals surface area contributed by atoms with Gasteiger partial charge >= 0.3 is 0 Å². The van der Waals surface area contributed by atoms with Gasteiger partial charge in [0.15, 0.2) is 0 Å². The Morgan fingerprint density at radius 3 is 2.12 bits per heavy atom. The van der Waals surface area contributed by atoms with E-state index in [-0.39, 0.29) is 0 Å². The second-order valence-electron chi connectivity index (χ2n) is 5.68. The van der Waals surface area contributed by atoms with Crippen LogP contribution in [0.25, 0.3) is 0 Å². The van der Waals surface area contributed by atoms with Crippen molar-refractivity contribution in [3.63, 3.8) is 0 Å². The Bertz CT molecular complexity index is 227. The highest BCUT2D eigenvalue weighted by molar-refractivity contribution is 4.93. The van der Waals surface area contributed by atoms with Crippen LogP contribution in [0.5, 0.6) is 0 Å². The summed E-state index contributed by atoms with van der Waals surface area (Å²) in [5.41, 5.74) is 0. The first kappa shape index (κ1) is 11.0. The molecule has 0 aromatic carbocycles. The topological polar surface area (TPSA) is 9.72 Å². The molecular weight excluding hydrogens is 198 g/mol. The summed E-state index contributed by atoms with van der Waals surface area (Å²) in [6, 6.07) is 0.890. The van der Waals surface area contributed by atoms with Crippen molar-refractivity contribution in [2.75, 3.05) is 52.4 Å². The molecule has 0 aromatic rings. The van der Waals surface area contributed by atoms with Crippen molar-refractivity contribution < 1.29 is 0 Å². The Balaban J connectivity index is 1.58. The molecule has 0 N–H and O–H groups in total. The van der Waals surface area contributed by atoms with Gasteiger partial charge in [0.1, 0.15) is 0 Å². The number of hydrogen-bond donors (Lipinski definition) is 0. The van der Waals surface area contributed by atoms with Gasteiger partial charge in [0.05, 0.1) is 0 Å². The molecule has 0 spiro atoms. The summed E-state index contributed by atoms with van der Waals surface area (Å²) in [7, 11) is 0. The molecule has 4 saturated heterocycles. The molecule has 1 unspecified atom stereocenters. The molecule has 0 radical (unpaired) electrons. The number of hydrogen-bond acceptors (Lipinski definition) is 3. The van der Waals surface area contributed by atoms with Crippen LogP contribution in [0.2, 0.25) is 0 Å². The van der Waals surface area contributed by atoms with Gasteiger partial charge in [0.2, 0.25) is 0 Å². The van der Waals surface area contributed by atoms with Crippen LogP contribution in [-0.2, 0) is 0 Å². The summed E-state index contributed by atoms with van der Waals surface area (Å²) in [5.74, 6) is 1.01. The maximum absolute atomic E-state index is 2.78. The van der Waals surface area contributed by atoms with Crippen LogP contribution < -0.4 is 0 Å². The van der Waals surface area contributed by atoms with E-state index in [0.717, 1.165) is 12.0 Å². The predicted molar refractivity (Wildman–Crippen MR) is 66.6 cm³/mol. The molecule has 0 aliphatic carbocycles. The quantitative estimate of drug-likeness (QED) is 0.683. The first-order valence-electron chi connectivity index (χ1n) is 7.05. The number of piperidine rings is 3. The minimum atomic E-state index is 0.890. The first-order chi connectivity index (χ1) is 7.86. The van der Waals surface area contributed by atoms with Crippen LogP contribution in [0.3, 0.4) is 0 Å². The molecule has 0 aromatic heterocycles. The van der Waals surface area contributed by atoms with E-state index < -0.39 is 0 Å². The number of piperazine rings is 1. The molecular formula is C13H25N3. The summed E-state index contributed by atoms with van der Waals surface area (Å²) in [6.45, 7) is 12.8. The zero-order valence-corrected chi connectivity index (χ0v) is 10.6. The molecule has 4 aliphatic heterocycles. The van der Waals surface area contributed by atoms with Crippen molar-refractivity contribution in [1.82, 2.24) is 14.7 Å². The fourth-order valence-electron chi connectivity index (χ4n) is 3.76. The molecule has 16 heavy (non-hydrogen) atoms. The third-order valence-electron chi connectivity index (χ3n) is 4.94. The van der Waals surface area contributed by atoms with Crippen molar-refractivity contribution in [2.24, 2.45) is 5.92 Å². The number of nitrogens with zero attached hydrogens (tertiary/aromatic N) is 3. The molecule has 4 aliphatic rings. The smallest absolute Gasteiger partial charge is 0.0253 e. The van der Waals surface area contributed by atoms with Gasteiger partial charge in [-0.1, -0.05) is 6.92 Å². The van der Waals surface area contributed by atoms with Gasteiger partial charge in [-0.05, 0) is 38.4 Å².